The summed E-state index contributed by atoms with van der Waals surface area (Å²) in [5.74, 6) is 2.13. The Morgan fingerprint density at radius 1 is 1.11 bits per heavy atom. The highest BCUT2D eigenvalue weighted by Gasteiger charge is 2.34. The van der Waals surface area contributed by atoms with Crippen LogP contribution in [0.5, 0.6) is 17.2 Å². The van der Waals surface area contributed by atoms with Crippen molar-refractivity contribution >= 4 is 41.3 Å². The van der Waals surface area contributed by atoms with Gasteiger partial charge >= 0.3 is 0 Å². The van der Waals surface area contributed by atoms with E-state index in [1.54, 1.807) is 12.3 Å². The van der Waals surface area contributed by atoms with E-state index in [1.165, 1.54) is 32.8 Å². The van der Waals surface area contributed by atoms with E-state index in [1.807, 2.05) is 4.90 Å². The monoisotopic (exact) mass is 548 g/mol. The maximum absolute atomic E-state index is 12.2. The summed E-state index contributed by atoms with van der Waals surface area (Å²) in [6.07, 6.45) is 9.75. The average Bonchev–Trinajstić information content (AvgIpc) is 3.77. The third-order valence-electron chi connectivity index (χ3n) is 6.30. The van der Waals surface area contributed by atoms with Gasteiger partial charge in [-0.2, -0.15) is 0 Å². The summed E-state index contributed by atoms with van der Waals surface area (Å²) >= 11 is 12.8. The predicted octanol–water partition coefficient (Wildman–Crippen LogP) is 4.27. The van der Waals surface area contributed by atoms with E-state index in [0.29, 0.717) is 50.4 Å². The molecule has 1 saturated heterocycles. The van der Waals surface area contributed by atoms with E-state index >= 15 is 0 Å². The molecule has 2 aromatic rings. The number of carbonyl (C=O) groups excluding carboxylic acids is 1. The van der Waals surface area contributed by atoms with Crippen LogP contribution in [0.3, 0.4) is 0 Å². The fraction of sp³-hybridized carbons (Fsp3) is 0.440. The van der Waals surface area contributed by atoms with Gasteiger partial charge in [-0.1, -0.05) is 23.2 Å². The van der Waals surface area contributed by atoms with E-state index in [9.17, 15) is 4.79 Å². The molecule has 0 radical (unpaired) electrons. The Bertz CT molecular complexity index is 1120. The third kappa shape index (κ3) is 6.75. The highest BCUT2D eigenvalue weighted by molar-refractivity contribution is 6.37. The zero-order valence-corrected chi connectivity index (χ0v) is 22.2. The van der Waals surface area contributed by atoms with Crippen LogP contribution < -0.4 is 24.8 Å². The number of ether oxygens (including phenoxy) is 3. The van der Waals surface area contributed by atoms with Gasteiger partial charge in [0.2, 0.25) is 11.9 Å². The molecule has 1 amide bonds. The molecule has 10 nitrogen and oxygen atoms in total. The van der Waals surface area contributed by atoms with Gasteiger partial charge in [0.25, 0.3) is 0 Å². The number of amides is 1. The van der Waals surface area contributed by atoms with Crippen molar-refractivity contribution in [2.24, 2.45) is 5.92 Å². The Morgan fingerprint density at radius 3 is 2.27 bits per heavy atom. The molecule has 198 valence electrons. The van der Waals surface area contributed by atoms with Crippen molar-refractivity contribution in [2.75, 3.05) is 32.6 Å². The largest absolute Gasteiger partial charge is 0.495 e. The zero-order valence-electron chi connectivity index (χ0n) is 20.7. The molecule has 3 N–H and O–H groups in total. The van der Waals surface area contributed by atoms with Crippen molar-refractivity contribution in [3.8, 4) is 17.2 Å². The Hall–Kier alpha value is -3.24. The second kappa shape index (κ2) is 12.3. The summed E-state index contributed by atoms with van der Waals surface area (Å²) in [4.78, 5) is 22.7. The van der Waals surface area contributed by atoms with Crippen LogP contribution >= 0.6 is 23.2 Å². The topological polar surface area (TPSA) is 122 Å². The minimum absolute atomic E-state index is 0.0575. The van der Waals surface area contributed by atoms with Crippen LogP contribution in [0.15, 0.2) is 30.4 Å². The summed E-state index contributed by atoms with van der Waals surface area (Å²) in [5.41, 5.74) is 1.02. The van der Waals surface area contributed by atoms with Crippen LogP contribution in [0.4, 0.5) is 5.95 Å². The molecule has 0 unspecified atom stereocenters. The fourth-order valence-corrected chi connectivity index (χ4v) is 4.59. The molecule has 1 aromatic carbocycles. The van der Waals surface area contributed by atoms with Crippen LogP contribution in [-0.2, 0) is 11.4 Å². The summed E-state index contributed by atoms with van der Waals surface area (Å²) in [5, 5.41) is 14.7. The molecule has 0 bridgehead atoms. The molecule has 1 saturated carbocycles. The van der Waals surface area contributed by atoms with Crippen LogP contribution in [0.1, 0.15) is 31.2 Å². The first kappa shape index (κ1) is 26.8. The van der Waals surface area contributed by atoms with E-state index in [0.717, 1.165) is 38.8 Å². The van der Waals surface area contributed by atoms with Crippen molar-refractivity contribution in [1.29, 1.82) is 5.41 Å². The standard InChI is InChI=1S/C25H30Cl2N6O4/c1-35-20-9-21(36-2)23(27)19(22(20)26)14-37-18-12-30-25(31-13-18)32-17(10-28)11-29-16-5-7-33(8-6-16)24(34)15-3-4-15/h9-13,15-16,28-29H,3-8,14H2,1-2H3,(H,30,31,32)/b17-11+,28-10?. The molecule has 1 aromatic heterocycles. The van der Waals surface area contributed by atoms with Gasteiger partial charge in [-0.3, -0.25) is 4.79 Å². The normalized spacial score (nSPS) is 16.2. The number of halogens is 2. The van der Waals surface area contributed by atoms with Crippen molar-refractivity contribution in [1.82, 2.24) is 20.2 Å². The SMILES string of the molecule is COc1cc(OC)c(Cl)c(COc2cnc(N/C(C=N)=C/NC3CCN(C(=O)C4CC4)CC3)nc2)c1Cl. The molecular weight excluding hydrogens is 519 g/mol. The lowest BCUT2D eigenvalue weighted by atomic mass is 10.0. The van der Waals surface area contributed by atoms with Gasteiger partial charge in [-0.15, -0.1) is 0 Å². The lowest BCUT2D eigenvalue weighted by Gasteiger charge is -2.32. The Labute approximate surface area is 225 Å². The number of hydrogen-bond donors (Lipinski definition) is 3. The average molecular weight is 549 g/mol. The number of allylic oxidation sites excluding steroid dienone is 1. The van der Waals surface area contributed by atoms with Crippen LogP contribution in [0, 0.1) is 11.3 Å². The smallest absolute Gasteiger partial charge is 0.227 e. The highest BCUT2D eigenvalue weighted by Crippen LogP contribution is 2.40. The van der Waals surface area contributed by atoms with E-state index in [4.69, 9.17) is 42.8 Å². The van der Waals surface area contributed by atoms with E-state index in [-0.39, 0.29) is 18.6 Å². The first-order valence-electron chi connectivity index (χ1n) is 12.0. The quantitative estimate of drug-likeness (QED) is 0.356. The van der Waals surface area contributed by atoms with Gasteiger partial charge in [0.15, 0.2) is 5.75 Å². The number of methoxy groups -OCH3 is 2. The number of anilines is 1. The molecule has 4 rings (SSSR count). The van der Waals surface area contributed by atoms with Gasteiger partial charge in [-0.25, -0.2) is 9.97 Å². The van der Waals surface area contributed by atoms with Crippen molar-refractivity contribution in [2.45, 2.75) is 38.3 Å². The number of hydrogen-bond acceptors (Lipinski definition) is 9. The second-order valence-corrected chi connectivity index (χ2v) is 9.58. The van der Waals surface area contributed by atoms with Gasteiger partial charge in [0.1, 0.15) is 18.1 Å². The second-order valence-electron chi connectivity index (χ2n) is 8.83. The number of nitrogens with zero attached hydrogens (tertiary/aromatic N) is 3. The zero-order chi connectivity index (χ0) is 26.4. The molecular formula is C25H30Cl2N6O4. The first-order chi connectivity index (χ1) is 17.9. The maximum atomic E-state index is 12.2. The molecule has 0 atom stereocenters. The van der Waals surface area contributed by atoms with Crippen LogP contribution in [-0.4, -0.2) is 60.3 Å². The molecule has 1 aliphatic heterocycles. The van der Waals surface area contributed by atoms with Gasteiger partial charge in [-0.05, 0) is 25.7 Å². The number of likely N-dealkylation sites (tertiary alicyclic amines) is 1. The minimum Gasteiger partial charge on any atom is -0.495 e. The fourth-order valence-electron chi connectivity index (χ4n) is 3.98. The first-order valence-corrected chi connectivity index (χ1v) is 12.7. The van der Waals surface area contributed by atoms with Gasteiger partial charge in [0.05, 0.1) is 42.4 Å². The van der Waals surface area contributed by atoms with E-state index in [2.05, 4.69) is 20.6 Å². The van der Waals surface area contributed by atoms with Crippen molar-refractivity contribution in [3.05, 3.63) is 46.0 Å². The van der Waals surface area contributed by atoms with Crippen molar-refractivity contribution in [3.63, 3.8) is 0 Å². The lowest BCUT2D eigenvalue weighted by molar-refractivity contribution is -0.133. The number of piperidine rings is 1. The number of carbonyl (C=O) groups is 1. The van der Waals surface area contributed by atoms with Gasteiger partial charge in [0, 0.05) is 49.1 Å². The number of rotatable bonds is 11. The summed E-state index contributed by atoms with van der Waals surface area (Å²) < 4.78 is 16.3. The molecule has 37 heavy (non-hydrogen) atoms. The Kier molecular flexibility index (Phi) is 8.94. The van der Waals surface area contributed by atoms with Crippen LogP contribution in [0.2, 0.25) is 10.0 Å². The summed E-state index contributed by atoms with van der Waals surface area (Å²) in [6, 6.07) is 1.85. The van der Waals surface area contributed by atoms with Gasteiger partial charge < -0.3 is 35.2 Å². The molecule has 12 heteroatoms. The number of aromatic nitrogens is 2. The van der Waals surface area contributed by atoms with Crippen LogP contribution in [0.25, 0.3) is 0 Å². The molecule has 2 fully saturated rings. The van der Waals surface area contributed by atoms with Crippen molar-refractivity contribution < 1.29 is 19.0 Å². The molecule has 1 aliphatic carbocycles. The highest BCUT2D eigenvalue weighted by atomic mass is 35.5. The minimum atomic E-state index is 0.0575. The summed E-state index contributed by atoms with van der Waals surface area (Å²) in [6.45, 7) is 1.58. The summed E-state index contributed by atoms with van der Waals surface area (Å²) in [7, 11) is 3.01. The number of benzene rings is 1. The lowest BCUT2D eigenvalue weighted by Crippen LogP contribution is -2.44. The maximum Gasteiger partial charge on any atom is 0.227 e. The Balaban J connectivity index is 1.29. The molecule has 2 heterocycles. The van der Waals surface area contributed by atoms with E-state index < -0.39 is 0 Å². The number of nitrogens with one attached hydrogen (secondary N) is 3. The Morgan fingerprint density at radius 2 is 1.73 bits per heavy atom. The predicted molar refractivity (Wildman–Crippen MR) is 142 cm³/mol. The molecule has 2 aliphatic rings. The third-order valence-corrected chi connectivity index (χ3v) is 7.12. The molecule has 0 spiro atoms.